The SMILES string of the molecule is CCNC(=NCC(c1cccc(F)c1)N(C)C)NC(C)C. The van der Waals surface area contributed by atoms with Crippen LogP contribution in [0.2, 0.25) is 0 Å². The zero-order valence-electron chi connectivity index (χ0n) is 13.7. The predicted octanol–water partition coefficient (Wildman–Crippen LogP) is 2.39. The Bertz CT molecular complexity index is 457. The van der Waals surface area contributed by atoms with Crippen molar-refractivity contribution in [2.24, 2.45) is 4.99 Å². The van der Waals surface area contributed by atoms with Crippen LogP contribution in [0.3, 0.4) is 0 Å². The van der Waals surface area contributed by atoms with E-state index in [0.29, 0.717) is 12.6 Å². The molecule has 1 rings (SSSR count). The highest BCUT2D eigenvalue weighted by molar-refractivity contribution is 5.80. The van der Waals surface area contributed by atoms with Gasteiger partial charge in [0.05, 0.1) is 12.6 Å². The Hall–Kier alpha value is -1.62. The summed E-state index contributed by atoms with van der Waals surface area (Å²) >= 11 is 0. The van der Waals surface area contributed by atoms with Gasteiger partial charge in [-0.1, -0.05) is 12.1 Å². The van der Waals surface area contributed by atoms with Crippen molar-refractivity contribution < 1.29 is 4.39 Å². The summed E-state index contributed by atoms with van der Waals surface area (Å²) in [7, 11) is 3.96. The average Bonchev–Trinajstić information content (AvgIpc) is 2.38. The van der Waals surface area contributed by atoms with E-state index in [1.807, 2.05) is 27.1 Å². The second-order valence-corrected chi connectivity index (χ2v) is 5.55. The van der Waals surface area contributed by atoms with Gasteiger partial charge in [0.25, 0.3) is 0 Å². The summed E-state index contributed by atoms with van der Waals surface area (Å²) in [6, 6.07) is 7.07. The van der Waals surface area contributed by atoms with Crippen molar-refractivity contribution in [3.63, 3.8) is 0 Å². The van der Waals surface area contributed by atoms with E-state index in [0.717, 1.165) is 18.1 Å². The molecule has 0 aliphatic carbocycles. The van der Waals surface area contributed by atoms with Gasteiger partial charge in [-0.25, -0.2) is 4.39 Å². The molecule has 0 amide bonds. The second-order valence-electron chi connectivity index (χ2n) is 5.55. The molecule has 0 radical (unpaired) electrons. The van der Waals surface area contributed by atoms with Gasteiger partial charge in [0.2, 0.25) is 0 Å². The third-order valence-corrected chi connectivity index (χ3v) is 3.05. The van der Waals surface area contributed by atoms with Gasteiger partial charge >= 0.3 is 0 Å². The van der Waals surface area contributed by atoms with E-state index in [2.05, 4.69) is 34.4 Å². The lowest BCUT2D eigenvalue weighted by Crippen LogP contribution is -2.41. The van der Waals surface area contributed by atoms with Gasteiger partial charge in [-0.3, -0.25) is 4.99 Å². The van der Waals surface area contributed by atoms with Gasteiger partial charge in [0, 0.05) is 12.6 Å². The molecule has 0 bridgehead atoms. The van der Waals surface area contributed by atoms with Crippen LogP contribution in [0.4, 0.5) is 4.39 Å². The van der Waals surface area contributed by atoms with E-state index >= 15 is 0 Å². The Morgan fingerprint density at radius 2 is 2.05 bits per heavy atom. The topological polar surface area (TPSA) is 39.7 Å². The molecule has 21 heavy (non-hydrogen) atoms. The molecule has 1 aromatic carbocycles. The second kappa shape index (κ2) is 8.62. The minimum absolute atomic E-state index is 0.0447. The van der Waals surface area contributed by atoms with E-state index in [1.54, 1.807) is 12.1 Å². The van der Waals surface area contributed by atoms with Crippen LogP contribution < -0.4 is 10.6 Å². The maximum atomic E-state index is 13.4. The molecule has 0 saturated carbocycles. The van der Waals surface area contributed by atoms with Crippen molar-refractivity contribution in [2.45, 2.75) is 32.9 Å². The molecule has 0 aromatic heterocycles. The highest BCUT2D eigenvalue weighted by Crippen LogP contribution is 2.19. The van der Waals surface area contributed by atoms with Crippen LogP contribution >= 0.6 is 0 Å². The number of benzene rings is 1. The van der Waals surface area contributed by atoms with Crippen LogP contribution in [-0.2, 0) is 0 Å². The Morgan fingerprint density at radius 1 is 1.33 bits per heavy atom. The normalized spacial score (nSPS) is 13.6. The maximum absolute atomic E-state index is 13.4. The van der Waals surface area contributed by atoms with Crippen molar-refractivity contribution in [3.8, 4) is 0 Å². The van der Waals surface area contributed by atoms with Crippen LogP contribution in [-0.4, -0.2) is 44.1 Å². The average molecular weight is 294 g/mol. The molecular weight excluding hydrogens is 267 g/mol. The molecule has 118 valence electrons. The summed E-state index contributed by atoms with van der Waals surface area (Å²) in [4.78, 5) is 6.66. The molecule has 4 nitrogen and oxygen atoms in total. The summed E-state index contributed by atoms with van der Waals surface area (Å²) in [6.45, 7) is 7.56. The minimum Gasteiger partial charge on any atom is -0.357 e. The summed E-state index contributed by atoms with van der Waals surface area (Å²) in [6.07, 6.45) is 0. The fourth-order valence-corrected chi connectivity index (χ4v) is 2.05. The quantitative estimate of drug-likeness (QED) is 0.625. The Kier molecular flexibility index (Phi) is 7.15. The molecule has 1 atom stereocenters. The summed E-state index contributed by atoms with van der Waals surface area (Å²) in [5.74, 6) is 0.575. The van der Waals surface area contributed by atoms with E-state index in [4.69, 9.17) is 0 Å². The Balaban J connectivity index is 2.86. The monoisotopic (exact) mass is 294 g/mol. The fraction of sp³-hybridized carbons (Fsp3) is 0.562. The number of halogens is 1. The first-order chi connectivity index (χ1) is 9.93. The van der Waals surface area contributed by atoms with Crippen LogP contribution in [0.25, 0.3) is 0 Å². The molecule has 1 aromatic rings. The van der Waals surface area contributed by atoms with Gasteiger partial charge < -0.3 is 15.5 Å². The number of nitrogens with one attached hydrogen (secondary N) is 2. The van der Waals surface area contributed by atoms with E-state index in [9.17, 15) is 4.39 Å². The van der Waals surface area contributed by atoms with Crippen LogP contribution in [0.1, 0.15) is 32.4 Å². The van der Waals surface area contributed by atoms with Crippen molar-refractivity contribution in [2.75, 3.05) is 27.2 Å². The van der Waals surface area contributed by atoms with Gasteiger partial charge in [0.15, 0.2) is 5.96 Å². The largest absolute Gasteiger partial charge is 0.357 e. The zero-order chi connectivity index (χ0) is 15.8. The van der Waals surface area contributed by atoms with Crippen LogP contribution in [0.5, 0.6) is 0 Å². The first-order valence-electron chi connectivity index (χ1n) is 7.40. The fourth-order valence-electron chi connectivity index (χ4n) is 2.05. The van der Waals surface area contributed by atoms with E-state index in [-0.39, 0.29) is 11.9 Å². The van der Waals surface area contributed by atoms with Crippen LogP contribution in [0.15, 0.2) is 29.3 Å². The molecule has 0 saturated heterocycles. The standard InChI is InChI=1S/C16H27FN4/c1-6-18-16(20-12(2)3)19-11-15(21(4)5)13-8-7-9-14(17)10-13/h7-10,12,15H,6,11H2,1-5H3,(H2,18,19,20). The lowest BCUT2D eigenvalue weighted by atomic mass is 10.1. The van der Waals surface area contributed by atoms with E-state index in [1.165, 1.54) is 6.07 Å². The molecule has 1 unspecified atom stereocenters. The van der Waals surface area contributed by atoms with Gasteiger partial charge in [-0.05, 0) is 52.6 Å². The van der Waals surface area contributed by atoms with Crippen molar-refractivity contribution in [1.29, 1.82) is 0 Å². The Labute approximate surface area is 127 Å². The third-order valence-electron chi connectivity index (χ3n) is 3.05. The number of nitrogens with zero attached hydrogens (tertiary/aromatic N) is 2. The lowest BCUT2D eigenvalue weighted by molar-refractivity contribution is 0.305. The first kappa shape index (κ1) is 17.4. The van der Waals surface area contributed by atoms with Gasteiger partial charge in [-0.15, -0.1) is 0 Å². The van der Waals surface area contributed by atoms with Crippen LogP contribution in [0, 0.1) is 5.82 Å². The molecule has 0 aliphatic rings. The highest BCUT2D eigenvalue weighted by atomic mass is 19.1. The number of hydrogen-bond donors (Lipinski definition) is 2. The molecule has 0 fully saturated rings. The maximum Gasteiger partial charge on any atom is 0.191 e. The van der Waals surface area contributed by atoms with E-state index < -0.39 is 0 Å². The molecule has 0 spiro atoms. The lowest BCUT2D eigenvalue weighted by Gasteiger charge is -2.24. The van der Waals surface area contributed by atoms with Gasteiger partial charge in [0.1, 0.15) is 5.82 Å². The summed E-state index contributed by atoms with van der Waals surface area (Å²) < 4.78 is 13.4. The highest BCUT2D eigenvalue weighted by Gasteiger charge is 2.14. The number of guanidine groups is 1. The number of rotatable bonds is 6. The zero-order valence-corrected chi connectivity index (χ0v) is 13.7. The molecule has 2 N–H and O–H groups in total. The summed E-state index contributed by atoms with van der Waals surface area (Å²) in [5, 5.41) is 6.50. The Morgan fingerprint density at radius 3 is 2.57 bits per heavy atom. The minimum atomic E-state index is -0.212. The smallest absolute Gasteiger partial charge is 0.191 e. The predicted molar refractivity (Wildman–Crippen MR) is 87.1 cm³/mol. The molecule has 0 heterocycles. The third kappa shape index (κ3) is 6.12. The van der Waals surface area contributed by atoms with Crippen molar-refractivity contribution in [1.82, 2.24) is 15.5 Å². The first-order valence-corrected chi connectivity index (χ1v) is 7.40. The van der Waals surface area contributed by atoms with Gasteiger partial charge in [-0.2, -0.15) is 0 Å². The molecular formula is C16H27FN4. The summed E-state index contributed by atoms with van der Waals surface area (Å²) in [5.41, 5.74) is 0.934. The number of hydrogen-bond acceptors (Lipinski definition) is 2. The number of likely N-dealkylation sites (N-methyl/N-ethyl adjacent to an activating group) is 1. The van der Waals surface area contributed by atoms with Crippen molar-refractivity contribution in [3.05, 3.63) is 35.6 Å². The molecule has 0 aliphatic heterocycles. The van der Waals surface area contributed by atoms with Crippen molar-refractivity contribution >= 4 is 5.96 Å². The number of aliphatic imine (C=N–C) groups is 1. The molecule has 5 heteroatoms.